The van der Waals surface area contributed by atoms with Gasteiger partial charge in [-0.15, -0.1) is 0 Å². The molecule has 0 unspecified atom stereocenters. The third-order valence-electron chi connectivity index (χ3n) is 5.36. The summed E-state index contributed by atoms with van der Waals surface area (Å²) in [6.45, 7) is 5.48. The van der Waals surface area contributed by atoms with E-state index in [0.29, 0.717) is 25.3 Å². The number of aromatic nitrogens is 3. The second kappa shape index (κ2) is 8.89. The van der Waals surface area contributed by atoms with Crippen LogP contribution in [-0.4, -0.2) is 38.0 Å². The van der Waals surface area contributed by atoms with Crippen molar-refractivity contribution in [3.63, 3.8) is 0 Å². The Morgan fingerprint density at radius 2 is 1.94 bits per heavy atom. The second-order valence-electron chi connectivity index (χ2n) is 7.71. The summed E-state index contributed by atoms with van der Waals surface area (Å²) < 4.78 is 1.69. The lowest BCUT2D eigenvalue weighted by molar-refractivity contribution is -0.128. The zero-order valence-corrected chi connectivity index (χ0v) is 18.3. The molecule has 1 aliphatic rings. The van der Waals surface area contributed by atoms with Crippen molar-refractivity contribution in [2.45, 2.75) is 39.8 Å². The first-order chi connectivity index (χ1) is 14.9. The van der Waals surface area contributed by atoms with Gasteiger partial charge in [0.15, 0.2) is 5.82 Å². The van der Waals surface area contributed by atoms with E-state index in [0.717, 1.165) is 35.5 Å². The highest BCUT2D eigenvalue weighted by Gasteiger charge is 2.21. The standard InChI is InChI=1S/C23H24ClN5O2/c1-15-12-16(2)29(27-15)20-10-9-19(24)22(26-20)23(31)25-13-17-6-3-4-7-18(17)14-28-11-5-8-21(28)30/h3-4,6-7,9-10,12H,5,8,11,13-14H2,1-2H3,(H,25,31). The van der Waals surface area contributed by atoms with Gasteiger partial charge in [-0.1, -0.05) is 35.9 Å². The summed E-state index contributed by atoms with van der Waals surface area (Å²) >= 11 is 6.27. The minimum absolute atomic E-state index is 0.152. The van der Waals surface area contributed by atoms with Crippen molar-refractivity contribution >= 4 is 23.4 Å². The quantitative estimate of drug-likeness (QED) is 0.639. The fraction of sp³-hybridized carbons (Fsp3) is 0.304. The average Bonchev–Trinajstić information content (AvgIpc) is 3.31. The van der Waals surface area contributed by atoms with Crippen LogP contribution >= 0.6 is 11.6 Å². The number of carbonyl (C=O) groups excluding carboxylic acids is 2. The van der Waals surface area contributed by atoms with Crippen LogP contribution < -0.4 is 5.32 Å². The summed E-state index contributed by atoms with van der Waals surface area (Å²) in [7, 11) is 0. The van der Waals surface area contributed by atoms with Gasteiger partial charge in [0.1, 0.15) is 5.69 Å². The summed E-state index contributed by atoms with van der Waals surface area (Å²) in [6, 6.07) is 13.1. The first kappa shape index (κ1) is 21.1. The van der Waals surface area contributed by atoms with Crippen LogP contribution in [0.25, 0.3) is 5.82 Å². The van der Waals surface area contributed by atoms with E-state index < -0.39 is 0 Å². The molecule has 2 amide bonds. The molecule has 1 saturated heterocycles. The minimum Gasteiger partial charge on any atom is -0.347 e. The zero-order chi connectivity index (χ0) is 22.0. The number of hydrogen-bond acceptors (Lipinski definition) is 4. The highest BCUT2D eigenvalue weighted by atomic mass is 35.5. The third-order valence-corrected chi connectivity index (χ3v) is 5.67. The molecule has 0 aliphatic carbocycles. The first-order valence-electron chi connectivity index (χ1n) is 10.3. The smallest absolute Gasteiger partial charge is 0.271 e. The van der Waals surface area contributed by atoms with Crippen LogP contribution in [0.15, 0.2) is 42.5 Å². The van der Waals surface area contributed by atoms with E-state index in [1.165, 1.54) is 0 Å². The molecule has 0 saturated carbocycles. The number of aryl methyl sites for hydroxylation is 2. The normalized spacial score (nSPS) is 13.6. The number of pyridine rings is 1. The van der Waals surface area contributed by atoms with Crippen molar-refractivity contribution in [2.24, 2.45) is 0 Å². The molecule has 3 aromatic rings. The van der Waals surface area contributed by atoms with Crippen LogP contribution in [0.5, 0.6) is 0 Å². The lowest BCUT2D eigenvalue weighted by atomic mass is 10.1. The van der Waals surface area contributed by atoms with Gasteiger partial charge in [-0.25, -0.2) is 9.67 Å². The van der Waals surface area contributed by atoms with E-state index in [4.69, 9.17) is 11.6 Å². The van der Waals surface area contributed by atoms with E-state index >= 15 is 0 Å². The predicted molar refractivity (Wildman–Crippen MR) is 118 cm³/mol. The summed E-state index contributed by atoms with van der Waals surface area (Å²) in [6.07, 6.45) is 1.50. The predicted octanol–water partition coefficient (Wildman–Crippen LogP) is 3.59. The second-order valence-corrected chi connectivity index (χ2v) is 8.12. The van der Waals surface area contributed by atoms with Crippen molar-refractivity contribution in [1.29, 1.82) is 0 Å². The van der Waals surface area contributed by atoms with Gasteiger partial charge in [-0.05, 0) is 49.6 Å². The van der Waals surface area contributed by atoms with E-state index in [2.05, 4.69) is 15.4 Å². The Kier molecular flexibility index (Phi) is 6.04. The average molecular weight is 438 g/mol. The van der Waals surface area contributed by atoms with Gasteiger partial charge in [0, 0.05) is 31.7 Å². The Balaban J connectivity index is 1.50. The highest BCUT2D eigenvalue weighted by Crippen LogP contribution is 2.19. The monoisotopic (exact) mass is 437 g/mol. The molecule has 31 heavy (non-hydrogen) atoms. The molecule has 4 rings (SSSR count). The van der Waals surface area contributed by atoms with Crippen LogP contribution in [0, 0.1) is 13.8 Å². The molecule has 2 aromatic heterocycles. The number of carbonyl (C=O) groups is 2. The van der Waals surface area contributed by atoms with Gasteiger partial charge >= 0.3 is 0 Å². The fourth-order valence-electron chi connectivity index (χ4n) is 3.79. The van der Waals surface area contributed by atoms with Crippen LogP contribution in [0.1, 0.15) is 45.8 Å². The molecule has 0 radical (unpaired) electrons. The van der Waals surface area contributed by atoms with Crippen LogP contribution in [-0.2, 0) is 17.9 Å². The van der Waals surface area contributed by atoms with Crippen molar-refractivity contribution in [3.05, 3.63) is 75.7 Å². The van der Waals surface area contributed by atoms with E-state index in [-0.39, 0.29) is 22.5 Å². The molecule has 8 heteroatoms. The molecule has 1 aliphatic heterocycles. The molecule has 0 spiro atoms. The Bertz CT molecular complexity index is 1140. The number of amides is 2. The highest BCUT2D eigenvalue weighted by molar-refractivity contribution is 6.33. The molecule has 0 atom stereocenters. The topological polar surface area (TPSA) is 80.1 Å². The number of halogens is 1. The first-order valence-corrected chi connectivity index (χ1v) is 10.6. The molecular weight excluding hydrogens is 414 g/mol. The van der Waals surface area contributed by atoms with E-state index in [1.807, 2.05) is 49.1 Å². The molecule has 0 bridgehead atoms. The van der Waals surface area contributed by atoms with Gasteiger partial charge in [-0.2, -0.15) is 5.10 Å². The van der Waals surface area contributed by atoms with Crippen molar-refractivity contribution in [1.82, 2.24) is 25.0 Å². The summed E-state index contributed by atoms with van der Waals surface area (Å²) in [5.74, 6) is 0.351. The van der Waals surface area contributed by atoms with Crippen molar-refractivity contribution in [2.75, 3.05) is 6.54 Å². The van der Waals surface area contributed by atoms with Gasteiger partial charge in [0.2, 0.25) is 5.91 Å². The van der Waals surface area contributed by atoms with Crippen molar-refractivity contribution in [3.8, 4) is 5.82 Å². The molecule has 7 nitrogen and oxygen atoms in total. The molecule has 3 heterocycles. The maximum absolute atomic E-state index is 12.9. The molecule has 1 fully saturated rings. The van der Waals surface area contributed by atoms with Gasteiger partial charge in [0.05, 0.1) is 10.7 Å². The molecule has 160 valence electrons. The third kappa shape index (κ3) is 4.61. The number of benzene rings is 1. The zero-order valence-electron chi connectivity index (χ0n) is 17.6. The Labute approximate surface area is 186 Å². The van der Waals surface area contributed by atoms with Gasteiger partial charge in [-0.3, -0.25) is 9.59 Å². The van der Waals surface area contributed by atoms with Gasteiger partial charge in [0.25, 0.3) is 5.91 Å². The number of rotatable bonds is 6. The number of nitrogens with zero attached hydrogens (tertiary/aromatic N) is 4. The van der Waals surface area contributed by atoms with Crippen molar-refractivity contribution < 1.29 is 9.59 Å². The molecule has 1 aromatic carbocycles. The van der Waals surface area contributed by atoms with Crippen LogP contribution in [0.2, 0.25) is 5.02 Å². The van der Waals surface area contributed by atoms with Crippen LogP contribution in [0.3, 0.4) is 0 Å². The number of nitrogens with one attached hydrogen (secondary N) is 1. The molecular formula is C23H24ClN5O2. The van der Waals surface area contributed by atoms with Gasteiger partial charge < -0.3 is 10.2 Å². The summed E-state index contributed by atoms with van der Waals surface area (Å²) in [5, 5.41) is 7.61. The van der Waals surface area contributed by atoms with Crippen LogP contribution in [0.4, 0.5) is 0 Å². The Hall–Kier alpha value is -3.19. The maximum atomic E-state index is 12.9. The Morgan fingerprint density at radius 1 is 1.16 bits per heavy atom. The largest absolute Gasteiger partial charge is 0.347 e. The lowest BCUT2D eigenvalue weighted by Gasteiger charge is -2.18. The van der Waals surface area contributed by atoms with E-state index in [9.17, 15) is 9.59 Å². The maximum Gasteiger partial charge on any atom is 0.271 e. The number of likely N-dealkylation sites (tertiary alicyclic amines) is 1. The molecule has 1 N–H and O–H groups in total. The summed E-state index contributed by atoms with van der Waals surface area (Å²) in [5.41, 5.74) is 3.92. The lowest BCUT2D eigenvalue weighted by Crippen LogP contribution is -2.27. The minimum atomic E-state index is -0.361. The SMILES string of the molecule is Cc1cc(C)n(-c2ccc(Cl)c(C(=O)NCc3ccccc3CN3CCCC3=O)n2)n1. The summed E-state index contributed by atoms with van der Waals surface area (Å²) in [4.78, 5) is 31.2. The van der Waals surface area contributed by atoms with E-state index in [1.54, 1.807) is 16.8 Å². The fourth-order valence-corrected chi connectivity index (χ4v) is 3.98. The Morgan fingerprint density at radius 3 is 2.61 bits per heavy atom. The number of hydrogen-bond donors (Lipinski definition) is 1.